The predicted molar refractivity (Wildman–Crippen MR) is 54.8 cm³/mol. The molecule has 0 heterocycles. The predicted octanol–water partition coefficient (Wildman–Crippen LogP) is 2.11. The molecule has 1 atom stereocenters. The fraction of sp³-hybridized carbons (Fsp3) is 0.636. The Labute approximate surface area is 85.1 Å². The first-order valence-electron chi connectivity index (χ1n) is 4.61. The molecule has 0 aromatic carbocycles. The molecule has 80 valence electrons. The van der Waals surface area contributed by atoms with Crippen LogP contribution in [-0.2, 0) is 14.3 Å². The standard InChI is InChI=1S/C11H18O3/c1-8(7-12)11(4,5)6-9(2)14-10(3)13/h7,9H,1,6H2,2-5H3. The van der Waals surface area contributed by atoms with Crippen molar-refractivity contribution in [3.8, 4) is 0 Å². The van der Waals surface area contributed by atoms with Crippen LogP contribution in [0.1, 0.15) is 34.1 Å². The van der Waals surface area contributed by atoms with Crippen LogP contribution < -0.4 is 0 Å². The van der Waals surface area contributed by atoms with Gasteiger partial charge in [-0.25, -0.2) is 0 Å². The van der Waals surface area contributed by atoms with Crippen LogP contribution in [0, 0.1) is 5.41 Å². The third kappa shape index (κ3) is 4.21. The summed E-state index contributed by atoms with van der Waals surface area (Å²) in [4.78, 5) is 21.2. The maximum Gasteiger partial charge on any atom is 0.302 e. The van der Waals surface area contributed by atoms with Crippen LogP contribution in [0.3, 0.4) is 0 Å². The average molecular weight is 198 g/mol. The summed E-state index contributed by atoms with van der Waals surface area (Å²) in [5.41, 5.74) is 0.202. The lowest BCUT2D eigenvalue weighted by molar-refractivity contribution is -0.146. The Morgan fingerprint density at radius 2 is 2.07 bits per heavy atom. The number of esters is 1. The molecule has 0 fully saturated rings. The van der Waals surface area contributed by atoms with Crippen molar-refractivity contribution in [2.24, 2.45) is 5.41 Å². The summed E-state index contributed by atoms with van der Waals surface area (Å²) in [6.45, 7) is 10.7. The Kier molecular flexibility index (Phi) is 4.54. The van der Waals surface area contributed by atoms with Gasteiger partial charge in [-0.2, -0.15) is 0 Å². The molecule has 0 saturated heterocycles. The molecule has 0 rings (SSSR count). The minimum Gasteiger partial charge on any atom is -0.463 e. The smallest absolute Gasteiger partial charge is 0.302 e. The van der Waals surface area contributed by atoms with Gasteiger partial charge in [-0.15, -0.1) is 0 Å². The van der Waals surface area contributed by atoms with Crippen molar-refractivity contribution >= 4 is 12.3 Å². The molecule has 3 nitrogen and oxygen atoms in total. The highest BCUT2D eigenvalue weighted by atomic mass is 16.5. The highest BCUT2D eigenvalue weighted by Gasteiger charge is 2.25. The van der Waals surface area contributed by atoms with E-state index < -0.39 is 0 Å². The summed E-state index contributed by atoms with van der Waals surface area (Å²) < 4.78 is 4.98. The first kappa shape index (κ1) is 12.9. The molecule has 0 amide bonds. The minimum atomic E-state index is -0.323. The summed E-state index contributed by atoms with van der Waals surface area (Å²) in [5.74, 6) is -0.301. The van der Waals surface area contributed by atoms with E-state index in [0.717, 1.165) is 6.29 Å². The molecular formula is C11H18O3. The zero-order valence-electron chi connectivity index (χ0n) is 9.29. The number of ether oxygens (including phenoxy) is 1. The molecule has 0 aliphatic carbocycles. The zero-order chi connectivity index (χ0) is 11.4. The van der Waals surface area contributed by atoms with E-state index in [1.54, 1.807) is 6.92 Å². The highest BCUT2D eigenvalue weighted by molar-refractivity contribution is 5.74. The Balaban J connectivity index is 4.27. The molecule has 0 bridgehead atoms. The van der Waals surface area contributed by atoms with Gasteiger partial charge < -0.3 is 4.74 Å². The van der Waals surface area contributed by atoms with E-state index in [2.05, 4.69) is 6.58 Å². The van der Waals surface area contributed by atoms with Crippen LogP contribution in [0.25, 0.3) is 0 Å². The van der Waals surface area contributed by atoms with Crippen molar-refractivity contribution in [3.63, 3.8) is 0 Å². The number of carbonyl (C=O) groups excluding carboxylic acids is 2. The Morgan fingerprint density at radius 1 is 1.57 bits per heavy atom. The normalized spacial score (nSPS) is 13.1. The molecule has 0 N–H and O–H groups in total. The SMILES string of the molecule is C=C(C=O)C(C)(C)CC(C)OC(C)=O. The molecule has 0 aromatic heterocycles. The second-order valence-electron chi connectivity index (χ2n) is 4.15. The van der Waals surface area contributed by atoms with Gasteiger partial charge in [-0.1, -0.05) is 20.4 Å². The van der Waals surface area contributed by atoms with Crippen LogP contribution in [0.2, 0.25) is 0 Å². The number of aldehydes is 1. The van der Waals surface area contributed by atoms with Gasteiger partial charge in [0.15, 0.2) is 0 Å². The van der Waals surface area contributed by atoms with Crippen LogP contribution in [0.5, 0.6) is 0 Å². The number of hydrogen-bond acceptors (Lipinski definition) is 3. The average Bonchev–Trinajstić information content (AvgIpc) is 1.99. The molecule has 1 unspecified atom stereocenters. The summed E-state index contributed by atoms with van der Waals surface area (Å²) in [7, 11) is 0. The van der Waals surface area contributed by atoms with Crippen LogP contribution in [-0.4, -0.2) is 18.4 Å². The van der Waals surface area contributed by atoms with E-state index >= 15 is 0 Å². The molecule has 0 aliphatic heterocycles. The number of carbonyl (C=O) groups is 2. The molecule has 0 aliphatic rings. The van der Waals surface area contributed by atoms with Crippen molar-refractivity contribution in [3.05, 3.63) is 12.2 Å². The molecule has 0 radical (unpaired) electrons. The van der Waals surface area contributed by atoms with Crippen molar-refractivity contribution in [2.45, 2.75) is 40.2 Å². The molecule has 14 heavy (non-hydrogen) atoms. The van der Waals surface area contributed by atoms with Crippen molar-refractivity contribution in [1.29, 1.82) is 0 Å². The fourth-order valence-electron chi connectivity index (χ4n) is 1.33. The first-order chi connectivity index (χ1) is 6.29. The zero-order valence-corrected chi connectivity index (χ0v) is 9.29. The quantitative estimate of drug-likeness (QED) is 0.386. The molecule has 0 saturated carbocycles. The topological polar surface area (TPSA) is 43.4 Å². The highest BCUT2D eigenvalue weighted by Crippen LogP contribution is 2.30. The van der Waals surface area contributed by atoms with Crippen LogP contribution in [0.4, 0.5) is 0 Å². The van der Waals surface area contributed by atoms with Gasteiger partial charge >= 0.3 is 5.97 Å². The Morgan fingerprint density at radius 3 is 2.43 bits per heavy atom. The summed E-state index contributed by atoms with van der Waals surface area (Å²) >= 11 is 0. The van der Waals surface area contributed by atoms with Crippen molar-refractivity contribution < 1.29 is 14.3 Å². The van der Waals surface area contributed by atoms with E-state index in [-0.39, 0.29) is 17.5 Å². The third-order valence-corrected chi connectivity index (χ3v) is 2.18. The van der Waals surface area contributed by atoms with Gasteiger partial charge in [-0.05, 0) is 24.3 Å². The number of hydrogen-bond donors (Lipinski definition) is 0. The van der Waals surface area contributed by atoms with Crippen LogP contribution >= 0.6 is 0 Å². The second-order valence-corrected chi connectivity index (χ2v) is 4.15. The van der Waals surface area contributed by atoms with Crippen LogP contribution in [0.15, 0.2) is 12.2 Å². The van der Waals surface area contributed by atoms with Gasteiger partial charge in [0, 0.05) is 6.92 Å². The van der Waals surface area contributed by atoms with Gasteiger partial charge in [-0.3, -0.25) is 9.59 Å². The number of allylic oxidation sites excluding steroid dienone is 1. The summed E-state index contributed by atoms with van der Waals surface area (Å²) in [6, 6.07) is 0. The Hall–Kier alpha value is -1.12. The summed E-state index contributed by atoms with van der Waals surface area (Å²) in [6.07, 6.45) is 1.16. The van der Waals surface area contributed by atoms with Gasteiger partial charge in [0.2, 0.25) is 0 Å². The Bertz CT molecular complexity index is 241. The van der Waals surface area contributed by atoms with Gasteiger partial charge in [0.1, 0.15) is 6.29 Å². The van der Waals surface area contributed by atoms with E-state index in [1.165, 1.54) is 6.92 Å². The lowest BCUT2D eigenvalue weighted by Crippen LogP contribution is -2.24. The van der Waals surface area contributed by atoms with E-state index in [0.29, 0.717) is 12.0 Å². The lowest BCUT2D eigenvalue weighted by atomic mass is 9.81. The molecule has 0 aromatic rings. The lowest BCUT2D eigenvalue weighted by Gasteiger charge is -2.27. The molecule has 3 heteroatoms. The van der Waals surface area contributed by atoms with Crippen molar-refractivity contribution in [1.82, 2.24) is 0 Å². The van der Waals surface area contributed by atoms with E-state index in [9.17, 15) is 9.59 Å². The largest absolute Gasteiger partial charge is 0.463 e. The minimum absolute atomic E-state index is 0.195. The van der Waals surface area contributed by atoms with Gasteiger partial charge in [0.25, 0.3) is 0 Å². The molecular weight excluding hydrogens is 180 g/mol. The maximum atomic E-state index is 10.7. The first-order valence-corrected chi connectivity index (χ1v) is 4.61. The monoisotopic (exact) mass is 198 g/mol. The van der Waals surface area contributed by atoms with Crippen molar-refractivity contribution in [2.75, 3.05) is 0 Å². The van der Waals surface area contributed by atoms with E-state index in [1.807, 2.05) is 13.8 Å². The van der Waals surface area contributed by atoms with Gasteiger partial charge in [0.05, 0.1) is 6.10 Å². The molecule has 0 spiro atoms. The van der Waals surface area contributed by atoms with E-state index in [4.69, 9.17) is 4.74 Å². The maximum absolute atomic E-state index is 10.7. The number of rotatable bonds is 5. The fourth-order valence-corrected chi connectivity index (χ4v) is 1.33. The summed E-state index contributed by atoms with van der Waals surface area (Å²) in [5, 5.41) is 0. The second kappa shape index (κ2) is 4.94. The third-order valence-electron chi connectivity index (χ3n) is 2.18.